The van der Waals surface area contributed by atoms with E-state index < -0.39 is 8.56 Å². The molecule has 0 heterocycles. The predicted octanol–water partition coefficient (Wildman–Crippen LogP) is 0.347. The largest absolute Gasteiger partial charge is 0.397 e. The minimum atomic E-state index is -2.27. The van der Waals surface area contributed by atoms with Crippen molar-refractivity contribution in [3.8, 4) is 0 Å². The maximum absolute atomic E-state index is 6.24. The summed E-state index contributed by atoms with van der Waals surface area (Å²) in [6.45, 7) is 4.59. The highest BCUT2D eigenvalue weighted by molar-refractivity contribution is 6.69. The zero-order chi connectivity index (χ0) is 10.5. The van der Waals surface area contributed by atoms with E-state index in [1.54, 1.807) is 14.2 Å². The highest BCUT2D eigenvalue weighted by Crippen LogP contribution is 2.25. The monoisotopic (exact) mass is 206 g/mol. The lowest BCUT2D eigenvalue weighted by Crippen LogP contribution is -2.66. The molecular formula is C8H22N2O2Si. The van der Waals surface area contributed by atoms with Gasteiger partial charge < -0.3 is 20.3 Å². The fraction of sp³-hybridized carbons (Fsp3) is 1.00. The standard InChI is InChI=1S/C8H22N2O2Si/c1-5-8(10,6-7-9)13(4,11-2)12-3/h5-7,9-10H2,1-4H3. The molecule has 0 saturated carbocycles. The second-order valence-electron chi connectivity index (χ2n) is 3.40. The molecule has 0 aliphatic rings. The van der Waals surface area contributed by atoms with Gasteiger partial charge in [-0.15, -0.1) is 0 Å². The lowest BCUT2D eigenvalue weighted by molar-refractivity contribution is 0.205. The second kappa shape index (κ2) is 5.07. The van der Waals surface area contributed by atoms with Crippen LogP contribution in [0.15, 0.2) is 0 Å². The second-order valence-corrected chi connectivity index (χ2v) is 7.11. The van der Waals surface area contributed by atoms with E-state index in [2.05, 4.69) is 0 Å². The molecule has 0 aromatic carbocycles. The van der Waals surface area contributed by atoms with E-state index in [0.29, 0.717) is 6.54 Å². The van der Waals surface area contributed by atoms with E-state index >= 15 is 0 Å². The topological polar surface area (TPSA) is 70.5 Å². The molecule has 4 nitrogen and oxygen atoms in total. The molecule has 0 saturated heterocycles. The molecule has 0 aromatic heterocycles. The smallest absolute Gasteiger partial charge is 0.354 e. The van der Waals surface area contributed by atoms with Crippen LogP contribution in [0.5, 0.6) is 0 Å². The number of rotatable bonds is 6. The van der Waals surface area contributed by atoms with Gasteiger partial charge in [0.05, 0.1) is 5.16 Å². The van der Waals surface area contributed by atoms with Crippen LogP contribution in [0, 0.1) is 0 Å². The van der Waals surface area contributed by atoms with E-state index in [4.69, 9.17) is 20.3 Å². The summed E-state index contributed by atoms with van der Waals surface area (Å²) >= 11 is 0. The number of nitrogens with two attached hydrogens (primary N) is 2. The lowest BCUT2D eigenvalue weighted by Gasteiger charge is -2.40. The van der Waals surface area contributed by atoms with Crippen LogP contribution in [0.3, 0.4) is 0 Å². The van der Waals surface area contributed by atoms with Crippen molar-refractivity contribution in [1.29, 1.82) is 0 Å². The fourth-order valence-corrected chi connectivity index (χ4v) is 3.69. The van der Waals surface area contributed by atoms with Gasteiger partial charge in [-0.05, 0) is 25.9 Å². The Morgan fingerprint density at radius 3 is 2.00 bits per heavy atom. The molecular weight excluding hydrogens is 184 g/mol. The van der Waals surface area contributed by atoms with Crippen LogP contribution >= 0.6 is 0 Å². The normalized spacial score (nSPS) is 17.1. The Morgan fingerprint density at radius 1 is 1.31 bits per heavy atom. The Hall–Kier alpha value is 0.0569. The maximum Gasteiger partial charge on any atom is 0.354 e. The summed E-state index contributed by atoms with van der Waals surface area (Å²) in [7, 11) is 1.04. The SMILES string of the molecule is CCC(N)(CCN)[Si](C)(OC)OC. The van der Waals surface area contributed by atoms with E-state index in [-0.39, 0.29) is 5.16 Å². The molecule has 0 spiro atoms. The Balaban J connectivity index is 4.68. The highest BCUT2D eigenvalue weighted by atomic mass is 28.4. The van der Waals surface area contributed by atoms with Crippen LogP contribution in [0.4, 0.5) is 0 Å². The van der Waals surface area contributed by atoms with Gasteiger partial charge in [0, 0.05) is 14.2 Å². The van der Waals surface area contributed by atoms with E-state index in [1.165, 1.54) is 0 Å². The van der Waals surface area contributed by atoms with Crippen molar-refractivity contribution < 1.29 is 8.85 Å². The summed E-state index contributed by atoms with van der Waals surface area (Å²) in [4.78, 5) is 0. The average Bonchev–Trinajstić information content (AvgIpc) is 2.16. The van der Waals surface area contributed by atoms with Crippen molar-refractivity contribution in [1.82, 2.24) is 0 Å². The van der Waals surface area contributed by atoms with Crippen molar-refractivity contribution in [3.05, 3.63) is 0 Å². The van der Waals surface area contributed by atoms with Gasteiger partial charge in [0.25, 0.3) is 0 Å². The quantitative estimate of drug-likeness (QED) is 0.615. The highest BCUT2D eigenvalue weighted by Gasteiger charge is 2.48. The Labute approximate surface area is 81.8 Å². The molecule has 5 heteroatoms. The van der Waals surface area contributed by atoms with Gasteiger partial charge in [0.1, 0.15) is 0 Å². The van der Waals surface area contributed by atoms with Gasteiger partial charge in [-0.25, -0.2) is 0 Å². The zero-order valence-corrected chi connectivity index (χ0v) is 10.1. The van der Waals surface area contributed by atoms with Gasteiger partial charge in [0.2, 0.25) is 0 Å². The Morgan fingerprint density at radius 2 is 1.77 bits per heavy atom. The molecule has 1 atom stereocenters. The minimum Gasteiger partial charge on any atom is -0.397 e. The molecule has 0 aromatic rings. The molecule has 13 heavy (non-hydrogen) atoms. The molecule has 0 bridgehead atoms. The molecule has 0 radical (unpaired) electrons. The van der Waals surface area contributed by atoms with Crippen molar-refractivity contribution in [2.75, 3.05) is 20.8 Å². The number of hydrogen-bond acceptors (Lipinski definition) is 4. The van der Waals surface area contributed by atoms with Gasteiger partial charge in [-0.1, -0.05) is 6.92 Å². The Kier molecular flexibility index (Phi) is 5.09. The van der Waals surface area contributed by atoms with Crippen LogP contribution in [0.1, 0.15) is 19.8 Å². The van der Waals surface area contributed by atoms with E-state index in [0.717, 1.165) is 12.8 Å². The molecule has 0 rings (SSSR count). The first-order chi connectivity index (χ1) is 5.99. The molecule has 0 aliphatic heterocycles. The third-order valence-corrected chi connectivity index (χ3v) is 6.88. The summed E-state index contributed by atoms with van der Waals surface area (Å²) in [6.07, 6.45) is 1.57. The van der Waals surface area contributed by atoms with Gasteiger partial charge in [-0.2, -0.15) is 0 Å². The van der Waals surface area contributed by atoms with Crippen molar-refractivity contribution in [3.63, 3.8) is 0 Å². The minimum absolute atomic E-state index is 0.384. The van der Waals surface area contributed by atoms with Gasteiger partial charge >= 0.3 is 8.56 Å². The van der Waals surface area contributed by atoms with E-state index in [1.807, 2.05) is 13.5 Å². The van der Waals surface area contributed by atoms with Crippen molar-refractivity contribution in [2.45, 2.75) is 31.5 Å². The van der Waals surface area contributed by atoms with Crippen LogP contribution < -0.4 is 11.5 Å². The molecule has 0 amide bonds. The fourth-order valence-electron chi connectivity index (χ4n) is 1.47. The third kappa shape index (κ3) is 2.51. The maximum atomic E-state index is 6.24. The summed E-state index contributed by atoms with van der Waals surface area (Å²) in [5.41, 5.74) is 11.8. The van der Waals surface area contributed by atoms with Crippen LogP contribution in [-0.2, 0) is 8.85 Å². The first-order valence-electron chi connectivity index (χ1n) is 4.59. The zero-order valence-electron chi connectivity index (χ0n) is 9.09. The molecule has 4 N–H and O–H groups in total. The summed E-state index contributed by atoms with van der Waals surface area (Å²) in [6, 6.07) is 0. The van der Waals surface area contributed by atoms with Crippen LogP contribution in [-0.4, -0.2) is 34.5 Å². The van der Waals surface area contributed by atoms with E-state index in [9.17, 15) is 0 Å². The van der Waals surface area contributed by atoms with Crippen LogP contribution in [0.2, 0.25) is 6.55 Å². The summed E-state index contributed by atoms with van der Waals surface area (Å²) in [5.74, 6) is 0. The lowest BCUT2D eigenvalue weighted by atomic mass is 10.1. The first-order valence-corrected chi connectivity index (χ1v) is 6.90. The first kappa shape index (κ1) is 13.1. The van der Waals surface area contributed by atoms with Crippen molar-refractivity contribution in [2.24, 2.45) is 11.5 Å². The van der Waals surface area contributed by atoms with Crippen LogP contribution in [0.25, 0.3) is 0 Å². The summed E-state index contributed by atoms with van der Waals surface area (Å²) in [5, 5.41) is -0.384. The van der Waals surface area contributed by atoms with Crippen molar-refractivity contribution >= 4 is 8.56 Å². The molecule has 80 valence electrons. The third-order valence-electron chi connectivity index (χ3n) is 2.90. The molecule has 1 unspecified atom stereocenters. The predicted molar refractivity (Wildman–Crippen MR) is 56.5 cm³/mol. The molecule has 0 aliphatic carbocycles. The Bertz CT molecular complexity index is 153. The van der Waals surface area contributed by atoms with Gasteiger partial charge in [0.15, 0.2) is 0 Å². The van der Waals surface area contributed by atoms with Gasteiger partial charge in [-0.3, -0.25) is 0 Å². The number of hydrogen-bond donors (Lipinski definition) is 2. The summed E-state index contributed by atoms with van der Waals surface area (Å²) < 4.78 is 10.9. The average molecular weight is 206 g/mol. The molecule has 0 fully saturated rings.